The van der Waals surface area contributed by atoms with Gasteiger partial charge in [-0.05, 0) is 89.5 Å². The first kappa shape index (κ1) is 22.1. The SMILES string of the molecule is Cc1ccc(N(c2ccc(/C=C/c3cccs3)cc2)c2ccc(/C=C/c3cccs3)cc2)cc1. The van der Waals surface area contributed by atoms with E-state index in [2.05, 4.69) is 144 Å². The minimum Gasteiger partial charge on any atom is -0.311 e. The molecule has 0 fully saturated rings. The molecule has 0 amide bonds. The van der Waals surface area contributed by atoms with Crippen molar-refractivity contribution in [3.8, 4) is 0 Å². The summed E-state index contributed by atoms with van der Waals surface area (Å²) in [5, 5.41) is 4.21. The van der Waals surface area contributed by atoms with Crippen LogP contribution in [0, 0.1) is 6.92 Å². The summed E-state index contributed by atoms with van der Waals surface area (Å²) in [6.07, 6.45) is 8.67. The maximum absolute atomic E-state index is 2.30. The van der Waals surface area contributed by atoms with E-state index in [-0.39, 0.29) is 0 Å². The Balaban J connectivity index is 1.43. The first-order valence-electron chi connectivity index (χ1n) is 11.2. The van der Waals surface area contributed by atoms with Gasteiger partial charge in [0, 0.05) is 26.8 Å². The quantitative estimate of drug-likeness (QED) is 0.226. The lowest BCUT2D eigenvalue weighted by Crippen LogP contribution is -2.09. The van der Waals surface area contributed by atoms with Crippen molar-refractivity contribution in [3.63, 3.8) is 0 Å². The van der Waals surface area contributed by atoms with Crippen LogP contribution in [0.5, 0.6) is 0 Å². The van der Waals surface area contributed by atoms with Crippen LogP contribution in [0.25, 0.3) is 24.3 Å². The monoisotopic (exact) mass is 475 g/mol. The Kier molecular flexibility index (Phi) is 6.85. The molecule has 0 aliphatic heterocycles. The van der Waals surface area contributed by atoms with Crippen molar-refractivity contribution in [1.29, 1.82) is 0 Å². The van der Waals surface area contributed by atoms with E-state index in [0.29, 0.717) is 0 Å². The first-order valence-corrected chi connectivity index (χ1v) is 13.0. The highest BCUT2D eigenvalue weighted by Crippen LogP contribution is 2.35. The second-order valence-corrected chi connectivity index (χ2v) is 10.0. The van der Waals surface area contributed by atoms with E-state index in [1.54, 1.807) is 22.7 Å². The van der Waals surface area contributed by atoms with Gasteiger partial charge in [0.05, 0.1) is 0 Å². The number of rotatable bonds is 7. The zero-order valence-electron chi connectivity index (χ0n) is 19.0. The Morgan fingerprint density at radius 1 is 0.500 bits per heavy atom. The third kappa shape index (κ3) is 5.45. The van der Waals surface area contributed by atoms with Gasteiger partial charge in [0.2, 0.25) is 0 Å². The predicted octanol–water partition coefficient (Wildman–Crippen LogP) is 9.93. The fourth-order valence-electron chi connectivity index (χ4n) is 3.74. The summed E-state index contributed by atoms with van der Waals surface area (Å²) in [4.78, 5) is 4.83. The average molecular weight is 476 g/mol. The lowest BCUT2D eigenvalue weighted by molar-refractivity contribution is 1.27. The fourth-order valence-corrected chi connectivity index (χ4v) is 4.97. The van der Waals surface area contributed by atoms with Crippen molar-refractivity contribution in [3.05, 3.63) is 134 Å². The molecule has 2 heterocycles. The van der Waals surface area contributed by atoms with Gasteiger partial charge in [-0.25, -0.2) is 0 Å². The minimum absolute atomic E-state index is 1.14. The van der Waals surface area contributed by atoms with Crippen LogP contribution in [0.4, 0.5) is 17.1 Å². The average Bonchev–Trinajstić information content (AvgIpc) is 3.59. The molecular weight excluding hydrogens is 450 g/mol. The summed E-state index contributed by atoms with van der Waals surface area (Å²) in [6, 6.07) is 34.6. The summed E-state index contributed by atoms with van der Waals surface area (Å²) in [7, 11) is 0. The molecule has 0 spiro atoms. The molecule has 166 valence electrons. The number of aryl methyl sites for hydroxylation is 1. The molecule has 0 radical (unpaired) electrons. The molecule has 34 heavy (non-hydrogen) atoms. The van der Waals surface area contributed by atoms with E-state index in [0.717, 1.165) is 17.1 Å². The van der Waals surface area contributed by atoms with E-state index < -0.39 is 0 Å². The number of benzene rings is 3. The van der Waals surface area contributed by atoms with Crippen molar-refractivity contribution in [2.75, 3.05) is 4.90 Å². The Labute approximate surface area is 209 Å². The molecule has 2 aromatic heterocycles. The second kappa shape index (κ2) is 10.5. The molecule has 0 saturated heterocycles. The number of hydrogen-bond donors (Lipinski definition) is 0. The van der Waals surface area contributed by atoms with Gasteiger partial charge >= 0.3 is 0 Å². The smallest absolute Gasteiger partial charge is 0.0462 e. The predicted molar refractivity (Wildman–Crippen MR) is 152 cm³/mol. The van der Waals surface area contributed by atoms with Crippen LogP contribution < -0.4 is 4.90 Å². The number of nitrogens with zero attached hydrogens (tertiary/aromatic N) is 1. The maximum atomic E-state index is 2.30. The van der Waals surface area contributed by atoms with Crippen molar-refractivity contribution >= 4 is 64.0 Å². The Morgan fingerprint density at radius 2 is 0.912 bits per heavy atom. The number of anilines is 3. The summed E-state index contributed by atoms with van der Waals surface area (Å²) in [6.45, 7) is 2.12. The first-order chi connectivity index (χ1) is 16.7. The molecule has 1 nitrogen and oxygen atoms in total. The number of hydrogen-bond acceptors (Lipinski definition) is 3. The van der Waals surface area contributed by atoms with Crippen LogP contribution in [0.15, 0.2) is 108 Å². The van der Waals surface area contributed by atoms with Gasteiger partial charge in [-0.3, -0.25) is 0 Å². The largest absolute Gasteiger partial charge is 0.311 e. The van der Waals surface area contributed by atoms with Crippen molar-refractivity contribution in [2.45, 2.75) is 6.92 Å². The molecule has 0 aliphatic rings. The van der Waals surface area contributed by atoms with Crippen LogP contribution in [-0.2, 0) is 0 Å². The molecule has 5 aromatic rings. The van der Waals surface area contributed by atoms with E-state index in [9.17, 15) is 0 Å². The zero-order chi connectivity index (χ0) is 23.2. The molecule has 0 saturated carbocycles. The summed E-state index contributed by atoms with van der Waals surface area (Å²) < 4.78 is 0. The molecule has 0 aliphatic carbocycles. The topological polar surface area (TPSA) is 3.24 Å². The van der Waals surface area contributed by atoms with Crippen molar-refractivity contribution in [2.24, 2.45) is 0 Å². The highest BCUT2D eigenvalue weighted by molar-refractivity contribution is 7.11. The van der Waals surface area contributed by atoms with Crippen LogP contribution in [0.2, 0.25) is 0 Å². The Bertz CT molecular complexity index is 1270. The van der Waals surface area contributed by atoms with Gasteiger partial charge in [0.25, 0.3) is 0 Å². The zero-order valence-corrected chi connectivity index (χ0v) is 20.6. The molecule has 0 N–H and O–H groups in total. The van der Waals surface area contributed by atoms with E-state index in [1.807, 2.05) is 0 Å². The van der Waals surface area contributed by atoms with Gasteiger partial charge in [-0.2, -0.15) is 0 Å². The Hall–Kier alpha value is -3.66. The third-order valence-electron chi connectivity index (χ3n) is 5.56. The molecule has 0 unspecified atom stereocenters. The van der Waals surface area contributed by atoms with Gasteiger partial charge in [0.15, 0.2) is 0 Å². The molecule has 0 atom stereocenters. The van der Waals surface area contributed by atoms with Crippen LogP contribution in [0.3, 0.4) is 0 Å². The van der Waals surface area contributed by atoms with E-state index in [1.165, 1.54) is 26.4 Å². The van der Waals surface area contributed by atoms with Crippen LogP contribution in [-0.4, -0.2) is 0 Å². The lowest BCUT2D eigenvalue weighted by atomic mass is 10.1. The summed E-state index contributed by atoms with van der Waals surface area (Å²) in [5.74, 6) is 0. The van der Waals surface area contributed by atoms with Gasteiger partial charge in [-0.1, -0.05) is 66.2 Å². The highest BCUT2D eigenvalue weighted by Gasteiger charge is 2.12. The number of thiophene rings is 2. The van der Waals surface area contributed by atoms with E-state index >= 15 is 0 Å². The van der Waals surface area contributed by atoms with Gasteiger partial charge in [-0.15, -0.1) is 22.7 Å². The van der Waals surface area contributed by atoms with Crippen LogP contribution >= 0.6 is 22.7 Å². The van der Waals surface area contributed by atoms with Gasteiger partial charge in [0.1, 0.15) is 0 Å². The molecule has 5 rings (SSSR count). The standard InChI is InChI=1S/C31H25NS2/c1-24-6-14-27(15-7-24)32(28-16-8-25(9-17-28)12-20-30-4-2-22-33-30)29-18-10-26(11-19-29)13-21-31-5-3-23-34-31/h2-23H,1H3/b20-12+,21-13+. The normalized spacial score (nSPS) is 11.4. The van der Waals surface area contributed by atoms with Gasteiger partial charge < -0.3 is 4.90 Å². The summed E-state index contributed by atoms with van der Waals surface area (Å²) >= 11 is 3.50. The van der Waals surface area contributed by atoms with E-state index in [4.69, 9.17) is 0 Å². The van der Waals surface area contributed by atoms with Crippen molar-refractivity contribution < 1.29 is 0 Å². The Morgan fingerprint density at radius 3 is 1.29 bits per heavy atom. The van der Waals surface area contributed by atoms with Crippen molar-refractivity contribution in [1.82, 2.24) is 0 Å². The molecule has 3 heteroatoms. The molecule has 0 bridgehead atoms. The highest BCUT2D eigenvalue weighted by atomic mass is 32.1. The fraction of sp³-hybridized carbons (Fsp3) is 0.0323. The minimum atomic E-state index is 1.14. The third-order valence-corrected chi connectivity index (χ3v) is 7.24. The maximum Gasteiger partial charge on any atom is 0.0462 e. The second-order valence-electron chi connectivity index (χ2n) is 8.05. The molecular formula is C31H25NS2. The summed E-state index contributed by atoms with van der Waals surface area (Å²) in [5.41, 5.74) is 7.06. The lowest BCUT2D eigenvalue weighted by Gasteiger charge is -2.26. The van der Waals surface area contributed by atoms with Crippen LogP contribution in [0.1, 0.15) is 26.4 Å². The molecule has 3 aromatic carbocycles.